The summed E-state index contributed by atoms with van der Waals surface area (Å²) in [6.45, 7) is 2.02. The smallest absolute Gasteiger partial charge is 0.396 e. The van der Waals surface area contributed by atoms with E-state index < -0.39 is 51.1 Å². The molecule has 198 valence electrons. The standard InChI is InChI=1S/C4H8O4S.C4H8O3S.C4H10O2.Cl2OS.IO4.Na/c5-9(6)7-3-1-2-4-8-9;5-8-6-3-1-2-4-7-8;5-3-1-2-4-6;1-4(2)3;2-1(3,4)5;/h1-4H2;1-4H2;5-6H,1-4H2;;;/q;;;;-1;+1. The molecular weight excluding hydrogens is 685 g/mol. The van der Waals surface area contributed by atoms with Crippen LogP contribution in [0.25, 0.3) is 0 Å². The summed E-state index contributed by atoms with van der Waals surface area (Å²) in [6, 6.07) is 0. The minimum atomic E-state index is -5.94. The zero-order valence-corrected chi connectivity index (χ0v) is 25.8. The Morgan fingerprint density at radius 2 is 1.12 bits per heavy atom. The predicted octanol–water partition coefficient (Wildman–Crippen LogP) is -9.50. The zero-order chi connectivity index (χ0) is 25.5. The maximum absolute atomic E-state index is 10.4. The summed E-state index contributed by atoms with van der Waals surface area (Å²) >= 11 is -7.40. The van der Waals surface area contributed by atoms with E-state index in [0.717, 1.165) is 38.5 Å². The molecule has 0 bridgehead atoms. The van der Waals surface area contributed by atoms with Gasteiger partial charge in [0.05, 0.1) is 26.4 Å². The monoisotopic (exact) mass is 710 g/mol. The van der Waals surface area contributed by atoms with Gasteiger partial charge in [0.15, 0.2) is 0 Å². The number of aliphatic hydroxyl groups is 2. The molecule has 2 fully saturated rings. The van der Waals surface area contributed by atoms with Crippen LogP contribution < -0.4 is 63.4 Å². The van der Waals surface area contributed by atoms with Crippen LogP contribution in [0.15, 0.2) is 0 Å². The Kier molecular flexibility index (Phi) is 36.8. The molecule has 0 aromatic rings. The first-order valence-electron chi connectivity index (χ1n) is 8.55. The number of rotatable bonds is 3. The Labute approximate surface area is 235 Å². The molecule has 21 heteroatoms. The van der Waals surface area contributed by atoms with Crippen LogP contribution in [0.3, 0.4) is 0 Å². The molecule has 2 aliphatic heterocycles. The summed E-state index contributed by atoms with van der Waals surface area (Å²) in [5, 5.41) is 16.2. The third kappa shape index (κ3) is 55.8. The molecule has 0 atom stereocenters. The second kappa shape index (κ2) is 28.7. The van der Waals surface area contributed by atoms with E-state index >= 15 is 0 Å². The first kappa shape index (κ1) is 42.3. The quantitative estimate of drug-likeness (QED) is 0.120. The summed E-state index contributed by atoms with van der Waals surface area (Å²) < 4.78 is 92.7. The van der Waals surface area contributed by atoms with E-state index in [2.05, 4.69) is 38.1 Å². The topological polar surface area (TPSA) is 238 Å². The van der Waals surface area contributed by atoms with E-state index in [-0.39, 0.29) is 56.0 Å². The Bertz CT molecular complexity index is 532. The molecule has 0 unspecified atom stereocenters. The molecule has 14 nitrogen and oxygen atoms in total. The summed E-state index contributed by atoms with van der Waals surface area (Å²) in [7, 11) is 3.74. The van der Waals surface area contributed by atoms with Crippen molar-refractivity contribution in [1.29, 1.82) is 0 Å². The van der Waals surface area contributed by atoms with E-state index in [1.807, 2.05) is 0 Å². The van der Waals surface area contributed by atoms with Gasteiger partial charge in [0, 0.05) is 34.6 Å². The zero-order valence-electron chi connectivity index (χ0n) is 17.6. The van der Waals surface area contributed by atoms with Crippen LogP contribution in [0.5, 0.6) is 0 Å². The Morgan fingerprint density at radius 1 is 0.848 bits per heavy atom. The van der Waals surface area contributed by atoms with E-state index in [1.54, 1.807) is 0 Å². The van der Waals surface area contributed by atoms with Crippen LogP contribution in [-0.2, 0) is 47.7 Å². The van der Waals surface area contributed by atoms with Gasteiger partial charge in [-0.15, -0.1) is 0 Å². The molecule has 0 aromatic heterocycles. The van der Waals surface area contributed by atoms with Crippen molar-refractivity contribution in [3.05, 3.63) is 0 Å². The van der Waals surface area contributed by atoms with E-state index in [4.69, 9.17) is 28.2 Å². The van der Waals surface area contributed by atoms with Gasteiger partial charge in [0.25, 0.3) is 0 Å². The Balaban J connectivity index is -0.000000163. The third-order valence-corrected chi connectivity index (χ3v) is 4.09. The van der Waals surface area contributed by atoms with Gasteiger partial charge in [-0.3, -0.25) is 22.1 Å². The molecule has 2 rings (SSSR count). The molecule has 0 aromatic carbocycles. The van der Waals surface area contributed by atoms with Crippen molar-refractivity contribution in [1.82, 2.24) is 0 Å². The van der Waals surface area contributed by atoms with Crippen LogP contribution in [0.1, 0.15) is 38.5 Å². The van der Waals surface area contributed by atoms with Crippen molar-refractivity contribution in [2.45, 2.75) is 38.5 Å². The number of unbranched alkanes of at least 4 members (excludes halogenated alkanes) is 1. The predicted molar refractivity (Wildman–Crippen MR) is 103 cm³/mol. The molecule has 0 saturated carbocycles. The first-order chi connectivity index (χ1) is 14.7. The maximum atomic E-state index is 10.4. The van der Waals surface area contributed by atoms with E-state index in [1.165, 1.54) is 0 Å². The average molecular weight is 711 g/mol. The molecule has 2 heterocycles. The van der Waals surface area contributed by atoms with E-state index in [9.17, 15) is 12.6 Å². The molecule has 2 aliphatic rings. The van der Waals surface area contributed by atoms with Crippen molar-refractivity contribution in [3.8, 4) is 0 Å². The largest absolute Gasteiger partial charge is 1.00 e. The Morgan fingerprint density at radius 3 is 1.39 bits per heavy atom. The fourth-order valence-corrected chi connectivity index (χ4v) is 2.56. The SMILES string of the molecule is O=S(Cl)Cl.O=S1(=O)OCCCCO1.O=S1OCCCCO1.OCCCCO.[Na+].[O-][I+3]([O-])([O-])[O-]. The van der Waals surface area contributed by atoms with Crippen molar-refractivity contribution >= 4 is 52.4 Å². The number of hydrogen-bond donors (Lipinski definition) is 2. The van der Waals surface area contributed by atoms with Gasteiger partial charge < -0.3 is 10.2 Å². The normalized spacial score (nSPS) is 18.0. The first-order valence-corrected chi connectivity index (χ1v) is 17.2. The van der Waals surface area contributed by atoms with Gasteiger partial charge in [0.1, 0.15) is 20.1 Å². The van der Waals surface area contributed by atoms with Gasteiger partial charge in [-0.25, -0.2) is 12.6 Å². The van der Waals surface area contributed by atoms with Crippen molar-refractivity contribution in [3.63, 3.8) is 0 Å². The molecule has 0 aliphatic carbocycles. The molecule has 2 N–H and O–H groups in total. The molecule has 0 radical (unpaired) electrons. The van der Waals surface area contributed by atoms with Crippen LogP contribution in [0.4, 0.5) is 0 Å². The molecule has 2 saturated heterocycles. The number of halogens is 3. The minimum Gasteiger partial charge on any atom is -0.396 e. The minimum absolute atomic E-state index is 0. The van der Waals surface area contributed by atoms with E-state index in [0.29, 0.717) is 13.2 Å². The van der Waals surface area contributed by atoms with Crippen LogP contribution in [0, 0.1) is 0 Å². The van der Waals surface area contributed by atoms with Crippen LogP contribution in [0.2, 0.25) is 0 Å². The van der Waals surface area contributed by atoms with Gasteiger partial charge in [-0.05, 0) is 38.5 Å². The molecule has 0 spiro atoms. The molecule has 0 amide bonds. The number of aliphatic hydroxyl groups excluding tert-OH is 2. The van der Waals surface area contributed by atoms with Gasteiger partial charge >= 0.3 is 51.3 Å². The third-order valence-electron chi connectivity index (χ3n) is 2.46. The second-order valence-corrected chi connectivity index (χ2v) is 11.9. The Hall–Kier alpha value is 2.16. The van der Waals surface area contributed by atoms with Gasteiger partial charge in [-0.2, -0.15) is 12.6 Å². The van der Waals surface area contributed by atoms with Crippen molar-refractivity contribution < 1.29 is 107 Å². The molecule has 33 heavy (non-hydrogen) atoms. The van der Waals surface area contributed by atoms with Gasteiger partial charge in [-0.1, -0.05) is 0 Å². The summed E-state index contributed by atoms with van der Waals surface area (Å²) in [4.78, 5) is 0. The van der Waals surface area contributed by atoms with Crippen molar-refractivity contribution in [2.24, 2.45) is 0 Å². The fraction of sp³-hybridized carbons (Fsp3) is 1.00. The summed E-state index contributed by atoms with van der Waals surface area (Å²) in [5.74, 6) is 0. The molecular formula is C12H26Cl2INaO14S3. The average Bonchev–Trinajstić information content (AvgIpc) is 3.00. The second-order valence-electron chi connectivity index (χ2n) is 5.03. The number of hydrogen-bond acceptors (Lipinski definition) is 14. The van der Waals surface area contributed by atoms with Gasteiger partial charge in [0.2, 0.25) is 9.23 Å². The summed E-state index contributed by atoms with van der Waals surface area (Å²) in [5.41, 5.74) is 0. The maximum Gasteiger partial charge on any atom is 1.00 e. The van der Waals surface area contributed by atoms with Crippen LogP contribution in [-0.4, -0.2) is 66.7 Å². The fourth-order valence-electron chi connectivity index (χ4n) is 1.28. The van der Waals surface area contributed by atoms with Crippen LogP contribution >= 0.6 is 21.4 Å². The van der Waals surface area contributed by atoms with Crippen molar-refractivity contribution in [2.75, 3.05) is 39.6 Å². The summed E-state index contributed by atoms with van der Waals surface area (Å²) in [6.07, 6.45) is 4.84.